The van der Waals surface area contributed by atoms with Crippen molar-refractivity contribution in [1.29, 1.82) is 0 Å². The van der Waals surface area contributed by atoms with E-state index < -0.39 is 5.97 Å². The van der Waals surface area contributed by atoms with Crippen molar-refractivity contribution in [3.63, 3.8) is 0 Å². The minimum Gasteiger partial charge on any atom is -0.550 e. The van der Waals surface area contributed by atoms with Crippen molar-refractivity contribution in [1.82, 2.24) is 4.98 Å². The molecule has 1 aromatic heterocycles. The number of aromatic nitrogens is 2. The lowest BCUT2D eigenvalue weighted by Crippen LogP contribution is -2.33. The first kappa shape index (κ1) is 22.7. The summed E-state index contributed by atoms with van der Waals surface area (Å²) < 4.78 is 2.23. The number of hydrogen-bond donors (Lipinski definition) is 2. The van der Waals surface area contributed by atoms with Gasteiger partial charge in [-0.3, -0.25) is 0 Å². The van der Waals surface area contributed by atoms with Gasteiger partial charge in [-0.25, -0.2) is 4.98 Å². The summed E-state index contributed by atoms with van der Waals surface area (Å²) >= 11 is 0. The number of hydrogen-bond acceptors (Lipinski definition) is 5. The summed E-state index contributed by atoms with van der Waals surface area (Å²) in [5.41, 5.74) is 16.3. The van der Waals surface area contributed by atoms with Gasteiger partial charge in [-0.05, 0) is 56.7 Å². The van der Waals surface area contributed by atoms with Gasteiger partial charge in [0.05, 0.1) is 0 Å². The zero-order valence-corrected chi connectivity index (χ0v) is 19.4. The Kier molecular flexibility index (Phi) is 6.41. The Labute approximate surface area is 198 Å². The SMILES string of the molecule is CC(=O)[O-].Cc1ccc(Nc2ccc3nc4cc(C)c(N)cc4[n+](-c4ccccc4)c3c2)cc1. The number of nitrogens with zero attached hydrogens (tertiary/aromatic N) is 2. The van der Waals surface area contributed by atoms with E-state index in [4.69, 9.17) is 20.6 Å². The third kappa shape index (κ3) is 4.96. The van der Waals surface area contributed by atoms with Crippen LogP contribution < -0.4 is 20.7 Å². The number of fused-ring (bicyclic) bond motifs is 2. The molecule has 1 heterocycles. The number of aliphatic carboxylic acids is 1. The molecular weight excluding hydrogens is 424 g/mol. The minimum absolute atomic E-state index is 0.766. The molecule has 3 N–H and O–H groups in total. The molecule has 5 aromatic rings. The molecule has 0 saturated heterocycles. The van der Waals surface area contributed by atoms with Crippen molar-refractivity contribution < 1.29 is 14.5 Å². The molecule has 0 fully saturated rings. The highest BCUT2D eigenvalue weighted by Gasteiger charge is 2.20. The topological polar surface area (TPSA) is 94.9 Å². The molecule has 0 radical (unpaired) electrons. The zero-order valence-electron chi connectivity index (χ0n) is 19.4. The van der Waals surface area contributed by atoms with E-state index in [1.165, 1.54) is 5.56 Å². The van der Waals surface area contributed by atoms with Crippen LogP contribution in [0.2, 0.25) is 0 Å². The molecule has 0 bridgehead atoms. The van der Waals surface area contributed by atoms with Crippen LogP contribution in [0.5, 0.6) is 0 Å². The van der Waals surface area contributed by atoms with Crippen molar-refractivity contribution >= 4 is 45.1 Å². The zero-order chi connectivity index (χ0) is 24.2. The van der Waals surface area contributed by atoms with Crippen molar-refractivity contribution in [2.24, 2.45) is 0 Å². The summed E-state index contributed by atoms with van der Waals surface area (Å²) in [5.74, 6) is -1.08. The van der Waals surface area contributed by atoms with Crippen LogP contribution in [0.15, 0.2) is 84.9 Å². The Morgan fingerprint density at radius 3 is 2.15 bits per heavy atom. The Morgan fingerprint density at radius 2 is 1.47 bits per heavy atom. The second-order valence-corrected chi connectivity index (χ2v) is 8.17. The average molecular weight is 451 g/mol. The van der Waals surface area contributed by atoms with E-state index in [0.29, 0.717) is 0 Å². The summed E-state index contributed by atoms with van der Waals surface area (Å²) in [6.45, 7) is 5.08. The lowest BCUT2D eigenvalue weighted by molar-refractivity contribution is -0.538. The molecule has 5 rings (SSSR count). The largest absolute Gasteiger partial charge is 0.550 e. The number of nitrogen functional groups attached to an aromatic ring is 1. The number of carbonyl (C=O) groups excluding carboxylic acids is 1. The second kappa shape index (κ2) is 9.58. The fourth-order valence-corrected chi connectivity index (χ4v) is 3.76. The van der Waals surface area contributed by atoms with Gasteiger partial charge in [-0.1, -0.05) is 35.9 Å². The molecule has 0 spiro atoms. The highest BCUT2D eigenvalue weighted by molar-refractivity contribution is 5.87. The molecule has 0 aliphatic heterocycles. The number of benzene rings is 4. The van der Waals surface area contributed by atoms with Crippen molar-refractivity contribution in [2.75, 3.05) is 11.1 Å². The third-order valence-electron chi connectivity index (χ3n) is 5.42. The lowest BCUT2D eigenvalue weighted by atomic mass is 10.1. The fraction of sp³-hybridized carbons (Fsp3) is 0.107. The van der Waals surface area contributed by atoms with E-state index in [1.54, 1.807) is 0 Å². The Morgan fingerprint density at radius 1 is 0.853 bits per heavy atom. The van der Waals surface area contributed by atoms with Gasteiger partial charge in [0.15, 0.2) is 0 Å². The van der Waals surface area contributed by atoms with E-state index in [2.05, 4.69) is 77.5 Å². The lowest BCUT2D eigenvalue weighted by Gasteiger charge is -2.10. The molecule has 6 nitrogen and oxygen atoms in total. The molecule has 4 aromatic carbocycles. The normalized spacial score (nSPS) is 10.6. The molecule has 0 unspecified atom stereocenters. The van der Waals surface area contributed by atoms with Crippen molar-refractivity contribution in [2.45, 2.75) is 20.8 Å². The molecule has 170 valence electrons. The third-order valence-corrected chi connectivity index (χ3v) is 5.42. The van der Waals surface area contributed by atoms with Gasteiger partial charge in [-0.2, -0.15) is 0 Å². The summed E-state index contributed by atoms with van der Waals surface area (Å²) in [4.78, 5) is 13.8. The maximum atomic E-state index is 8.89. The molecular formula is C28H26N4O2. The van der Waals surface area contributed by atoms with Gasteiger partial charge in [0.1, 0.15) is 11.0 Å². The Balaban J connectivity index is 0.000000636. The highest BCUT2D eigenvalue weighted by atomic mass is 16.4. The van der Waals surface area contributed by atoms with Crippen LogP contribution in [0.4, 0.5) is 17.1 Å². The number of carboxylic acid groups (broad SMARTS) is 1. The van der Waals surface area contributed by atoms with Gasteiger partial charge < -0.3 is 21.0 Å². The van der Waals surface area contributed by atoms with Gasteiger partial charge in [0.2, 0.25) is 16.7 Å². The van der Waals surface area contributed by atoms with Crippen LogP contribution >= 0.6 is 0 Å². The van der Waals surface area contributed by atoms with E-state index in [1.807, 2.05) is 31.2 Å². The van der Waals surface area contributed by atoms with Crippen LogP contribution in [-0.2, 0) is 4.79 Å². The monoisotopic (exact) mass is 450 g/mol. The summed E-state index contributed by atoms with van der Waals surface area (Å²) in [6, 6.07) is 29.1. The van der Waals surface area contributed by atoms with Gasteiger partial charge >= 0.3 is 0 Å². The number of carbonyl (C=O) groups is 1. The Bertz CT molecular complexity index is 1480. The van der Waals surface area contributed by atoms with E-state index in [-0.39, 0.29) is 0 Å². The number of aryl methyl sites for hydroxylation is 2. The summed E-state index contributed by atoms with van der Waals surface area (Å²) in [7, 11) is 0. The number of para-hydroxylation sites is 1. The van der Waals surface area contributed by atoms with Crippen LogP contribution in [0.25, 0.3) is 27.8 Å². The van der Waals surface area contributed by atoms with Crippen LogP contribution in [0.3, 0.4) is 0 Å². The summed E-state index contributed by atoms with van der Waals surface area (Å²) in [5, 5.41) is 12.4. The minimum atomic E-state index is -1.08. The standard InChI is InChI=1S/C26H22N4.C2H4O2/c1-17-8-10-19(11-9-17)28-20-12-13-23-25(15-20)30(21-6-4-3-5-7-21)26-16-22(27)18(2)14-24(26)29-23;1-2(3)4/h3-16H,1-2H3,(H2,27,28);1H3,(H,3,4). The predicted octanol–water partition coefficient (Wildman–Crippen LogP) is 4.36. The molecule has 34 heavy (non-hydrogen) atoms. The van der Waals surface area contributed by atoms with E-state index >= 15 is 0 Å². The second-order valence-electron chi connectivity index (χ2n) is 8.17. The quantitative estimate of drug-likeness (QED) is 0.242. The number of rotatable bonds is 3. The molecule has 0 aliphatic rings. The first-order valence-electron chi connectivity index (χ1n) is 10.9. The number of anilines is 3. The van der Waals surface area contributed by atoms with Crippen molar-refractivity contribution in [3.8, 4) is 5.69 Å². The molecule has 0 amide bonds. The average Bonchev–Trinajstić information content (AvgIpc) is 2.80. The van der Waals surface area contributed by atoms with E-state index in [0.717, 1.165) is 57.3 Å². The van der Waals surface area contributed by atoms with E-state index in [9.17, 15) is 0 Å². The van der Waals surface area contributed by atoms with Gasteiger partial charge in [0, 0.05) is 47.3 Å². The molecule has 0 aliphatic carbocycles. The van der Waals surface area contributed by atoms with Gasteiger partial charge in [-0.15, -0.1) is 4.57 Å². The predicted molar refractivity (Wildman–Crippen MR) is 135 cm³/mol. The molecule has 6 heteroatoms. The maximum Gasteiger partial charge on any atom is 0.239 e. The number of nitrogens with two attached hydrogens (primary N) is 1. The number of nitrogens with one attached hydrogen (secondary N) is 1. The van der Waals surface area contributed by atoms with Crippen molar-refractivity contribution in [3.05, 3.63) is 96.1 Å². The molecule has 0 atom stereocenters. The first-order valence-corrected chi connectivity index (χ1v) is 10.9. The first-order chi connectivity index (χ1) is 16.3. The van der Waals surface area contributed by atoms with Crippen LogP contribution in [-0.4, -0.2) is 11.0 Å². The smallest absolute Gasteiger partial charge is 0.239 e. The fourth-order valence-electron chi connectivity index (χ4n) is 3.76. The summed E-state index contributed by atoms with van der Waals surface area (Å²) in [6.07, 6.45) is 0. The van der Waals surface area contributed by atoms with Gasteiger partial charge in [0.25, 0.3) is 0 Å². The maximum absolute atomic E-state index is 8.89. The molecule has 0 saturated carbocycles. The van der Waals surface area contributed by atoms with Crippen LogP contribution in [0.1, 0.15) is 18.1 Å². The number of carboxylic acids is 1. The van der Waals surface area contributed by atoms with Crippen LogP contribution in [0, 0.1) is 13.8 Å². The Hall–Kier alpha value is -4.45. The highest BCUT2D eigenvalue weighted by Crippen LogP contribution is 2.25.